The molecule has 22 heavy (non-hydrogen) atoms. The number of rotatable bonds is 0. The topological polar surface area (TPSA) is 40.5 Å². The van der Waals surface area contributed by atoms with E-state index in [1.165, 1.54) is 25.7 Å². The van der Waals surface area contributed by atoms with Crippen LogP contribution in [0.15, 0.2) is 0 Å². The van der Waals surface area contributed by atoms with Crippen molar-refractivity contribution in [3.8, 4) is 12.3 Å². The lowest BCUT2D eigenvalue weighted by Crippen LogP contribution is -2.53. The Bertz CT molecular complexity index is 494. The zero-order valence-electron chi connectivity index (χ0n) is 13.8. The molecular formula is C20H30O2. The van der Waals surface area contributed by atoms with Crippen molar-refractivity contribution in [2.75, 3.05) is 0 Å². The van der Waals surface area contributed by atoms with Crippen molar-refractivity contribution in [2.45, 2.75) is 76.4 Å². The number of hydrogen-bond donors (Lipinski definition) is 2. The van der Waals surface area contributed by atoms with Gasteiger partial charge in [-0.1, -0.05) is 12.8 Å². The van der Waals surface area contributed by atoms with Gasteiger partial charge in [-0.3, -0.25) is 0 Å². The molecule has 2 N–H and O–H groups in total. The standard InChI is InChI=1S/C20H30O2/c1-3-20(22)11-9-18-17-6-4-13-12-14(21)5-7-15(13)16(17)8-10-19(18,20)2/h1,13-18,21-22H,4-12H2,2H3/t13?,14?,15-,16+,17+,18-,19-,20+/m0/s1. The first-order valence-electron chi connectivity index (χ1n) is 9.37. The third-order valence-corrected chi connectivity index (χ3v) is 8.32. The molecule has 8 atom stereocenters. The van der Waals surface area contributed by atoms with E-state index in [1.54, 1.807) is 0 Å². The van der Waals surface area contributed by atoms with Gasteiger partial charge in [0.2, 0.25) is 0 Å². The van der Waals surface area contributed by atoms with E-state index >= 15 is 0 Å². The Hall–Kier alpha value is -0.520. The summed E-state index contributed by atoms with van der Waals surface area (Å²) in [7, 11) is 0. The number of terminal acetylenes is 1. The summed E-state index contributed by atoms with van der Waals surface area (Å²) in [6, 6.07) is 0. The predicted molar refractivity (Wildman–Crippen MR) is 86.9 cm³/mol. The summed E-state index contributed by atoms with van der Waals surface area (Å²) in [6.07, 6.45) is 15.7. The molecular weight excluding hydrogens is 272 g/mol. The molecule has 0 aromatic heterocycles. The van der Waals surface area contributed by atoms with Crippen molar-refractivity contribution < 1.29 is 10.2 Å². The highest BCUT2D eigenvalue weighted by molar-refractivity contribution is 5.23. The first kappa shape index (κ1) is 15.0. The van der Waals surface area contributed by atoms with Crippen LogP contribution in [0.1, 0.15) is 64.7 Å². The molecule has 0 radical (unpaired) electrons. The number of aliphatic hydroxyl groups excluding tert-OH is 1. The second-order valence-corrected chi connectivity index (χ2v) is 8.90. The third-order valence-electron chi connectivity index (χ3n) is 8.32. The maximum atomic E-state index is 10.9. The van der Waals surface area contributed by atoms with Crippen LogP contribution >= 0.6 is 0 Å². The van der Waals surface area contributed by atoms with Gasteiger partial charge in [0.25, 0.3) is 0 Å². The van der Waals surface area contributed by atoms with E-state index in [9.17, 15) is 10.2 Å². The van der Waals surface area contributed by atoms with E-state index in [1.807, 2.05) is 0 Å². The van der Waals surface area contributed by atoms with Gasteiger partial charge in [0.1, 0.15) is 5.60 Å². The largest absolute Gasteiger partial charge is 0.393 e. The first-order chi connectivity index (χ1) is 10.5. The molecule has 2 heteroatoms. The fraction of sp³-hybridized carbons (Fsp3) is 0.900. The van der Waals surface area contributed by atoms with E-state index in [4.69, 9.17) is 6.42 Å². The molecule has 0 saturated heterocycles. The van der Waals surface area contributed by atoms with Gasteiger partial charge in [-0.2, -0.15) is 0 Å². The van der Waals surface area contributed by atoms with E-state index in [2.05, 4.69) is 12.8 Å². The van der Waals surface area contributed by atoms with Crippen LogP contribution in [-0.4, -0.2) is 21.9 Å². The Kier molecular flexibility index (Phi) is 3.41. The minimum Gasteiger partial charge on any atom is -0.393 e. The van der Waals surface area contributed by atoms with Crippen LogP contribution < -0.4 is 0 Å². The Labute approximate surface area is 134 Å². The summed E-state index contributed by atoms with van der Waals surface area (Å²) in [5.41, 5.74) is -0.938. The highest BCUT2D eigenvalue weighted by Gasteiger charge is 2.62. The molecule has 0 heterocycles. The molecule has 4 fully saturated rings. The monoisotopic (exact) mass is 302 g/mol. The summed E-state index contributed by atoms with van der Waals surface area (Å²) in [5, 5.41) is 20.9. The van der Waals surface area contributed by atoms with Gasteiger partial charge in [0.15, 0.2) is 0 Å². The summed E-state index contributed by atoms with van der Waals surface area (Å²) in [5.74, 6) is 6.53. The molecule has 0 aromatic carbocycles. The van der Waals surface area contributed by atoms with E-state index in [-0.39, 0.29) is 11.5 Å². The zero-order chi connectivity index (χ0) is 15.5. The average Bonchev–Trinajstić information content (AvgIpc) is 2.79. The van der Waals surface area contributed by atoms with Crippen LogP contribution in [0.2, 0.25) is 0 Å². The molecule has 4 rings (SSSR count). The molecule has 122 valence electrons. The lowest BCUT2D eigenvalue weighted by atomic mass is 9.49. The molecule has 0 spiro atoms. The van der Waals surface area contributed by atoms with Gasteiger partial charge in [-0.25, -0.2) is 0 Å². The molecule has 0 aromatic rings. The lowest BCUT2D eigenvalue weighted by Gasteiger charge is -2.56. The van der Waals surface area contributed by atoms with Crippen LogP contribution in [0.3, 0.4) is 0 Å². The van der Waals surface area contributed by atoms with Gasteiger partial charge in [-0.15, -0.1) is 6.42 Å². The number of fused-ring (bicyclic) bond motifs is 5. The number of hydrogen-bond acceptors (Lipinski definition) is 2. The van der Waals surface area contributed by atoms with E-state index in [0.717, 1.165) is 55.8 Å². The van der Waals surface area contributed by atoms with Crippen molar-refractivity contribution in [3.63, 3.8) is 0 Å². The molecule has 4 aliphatic rings. The summed E-state index contributed by atoms with van der Waals surface area (Å²) < 4.78 is 0. The third kappa shape index (κ3) is 1.88. The van der Waals surface area contributed by atoms with Crippen molar-refractivity contribution in [1.82, 2.24) is 0 Å². The van der Waals surface area contributed by atoms with Gasteiger partial charge in [0, 0.05) is 5.41 Å². The maximum absolute atomic E-state index is 10.9. The zero-order valence-corrected chi connectivity index (χ0v) is 13.8. The van der Waals surface area contributed by atoms with Crippen LogP contribution in [0.4, 0.5) is 0 Å². The van der Waals surface area contributed by atoms with Gasteiger partial charge in [0.05, 0.1) is 6.10 Å². The summed E-state index contributed by atoms with van der Waals surface area (Å²) >= 11 is 0. The maximum Gasteiger partial charge on any atom is 0.130 e. The van der Waals surface area contributed by atoms with Crippen LogP contribution in [0, 0.1) is 47.3 Å². The molecule has 0 aliphatic heterocycles. The van der Waals surface area contributed by atoms with Gasteiger partial charge >= 0.3 is 0 Å². The fourth-order valence-electron chi connectivity index (χ4n) is 7.08. The fourth-order valence-corrected chi connectivity index (χ4v) is 7.08. The first-order valence-corrected chi connectivity index (χ1v) is 9.37. The Morgan fingerprint density at radius 2 is 1.73 bits per heavy atom. The SMILES string of the molecule is C#C[C@@]1(O)CC[C@H]2[C@@H]3CCC4CC(O)CC[C@@H]4[C@H]3CC[C@@]21C. The Morgan fingerprint density at radius 1 is 0.955 bits per heavy atom. The smallest absolute Gasteiger partial charge is 0.130 e. The van der Waals surface area contributed by atoms with Crippen LogP contribution in [0.5, 0.6) is 0 Å². The molecule has 4 aliphatic carbocycles. The quantitative estimate of drug-likeness (QED) is 0.674. The van der Waals surface area contributed by atoms with Crippen LogP contribution in [-0.2, 0) is 0 Å². The summed E-state index contributed by atoms with van der Waals surface area (Å²) in [4.78, 5) is 0. The lowest BCUT2D eigenvalue weighted by molar-refractivity contribution is -0.111. The van der Waals surface area contributed by atoms with E-state index < -0.39 is 5.60 Å². The summed E-state index contributed by atoms with van der Waals surface area (Å²) in [6.45, 7) is 2.26. The highest BCUT2D eigenvalue weighted by Crippen LogP contribution is 2.65. The minimum atomic E-state index is -0.873. The molecule has 2 nitrogen and oxygen atoms in total. The Morgan fingerprint density at radius 3 is 2.50 bits per heavy atom. The second kappa shape index (κ2) is 4.99. The predicted octanol–water partition coefficient (Wildman–Crippen LogP) is 3.36. The van der Waals surface area contributed by atoms with E-state index in [0.29, 0.717) is 5.92 Å². The number of aliphatic hydroxyl groups is 2. The van der Waals surface area contributed by atoms with Crippen molar-refractivity contribution in [3.05, 3.63) is 0 Å². The van der Waals surface area contributed by atoms with Gasteiger partial charge in [-0.05, 0) is 87.4 Å². The second-order valence-electron chi connectivity index (χ2n) is 8.90. The Balaban J connectivity index is 1.60. The van der Waals surface area contributed by atoms with Crippen molar-refractivity contribution >= 4 is 0 Å². The molecule has 4 saturated carbocycles. The minimum absolute atomic E-state index is 0.0512. The molecule has 0 bridgehead atoms. The highest BCUT2D eigenvalue weighted by atomic mass is 16.3. The molecule has 2 unspecified atom stereocenters. The van der Waals surface area contributed by atoms with Crippen molar-refractivity contribution in [2.24, 2.45) is 35.0 Å². The average molecular weight is 302 g/mol. The van der Waals surface area contributed by atoms with Gasteiger partial charge < -0.3 is 10.2 Å². The van der Waals surface area contributed by atoms with Crippen LogP contribution in [0.25, 0.3) is 0 Å². The van der Waals surface area contributed by atoms with Crippen molar-refractivity contribution in [1.29, 1.82) is 0 Å². The normalized spacial score (nSPS) is 57.4. The molecule has 0 amide bonds.